The Hall–Kier alpha value is -1.79. The van der Waals surface area contributed by atoms with Crippen LogP contribution >= 0.6 is 0 Å². The fraction of sp³-hybridized carbons (Fsp3) is 0.667. The Balaban J connectivity index is 1.45. The highest BCUT2D eigenvalue weighted by Gasteiger charge is 2.58. The maximum Gasteiger partial charge on any atom is 0.335 e. The van der Waals surface area contributed by atoms with Crippen molar-refractivity contribution in [3.05, 3.63) is 23.3 Å². The molecule has 0 aromatic heterocycles. The summed E-state index contributed by atoms with van der Waals surface area (Å²) in [6.45, 7) is 2.57. The van der Waals surface area contributed by atoms with Gasteiger partial charge < -0.3 is 23.8 Å². The van der Waals surface area contributed by atoms with Gasteiger partial charge >= 0.3 is 5.97 Å². The van der Waals surface area contributed by atoms with Crippen LogP contribution in [0.2, 0.25) is 0 Å². The minimum absolute atomic E-state index is 0.0383. The molecular weight excluding hydrogens is 346 g/mol. The molecule has 0 N–H and O–H groups in total. The molecule has 0 amide bonds. The van der Waals surface area contributed by atoms with Gasteiger partial charge in [0.1, 0.15) is 12.2 Å². The van der Waals surface area contributed by atoms with Crippen LogP contribution in [0.15, 0.2) is 12.1 Å². The number of benzene rings is 1. The summed E-state index contributed by atoms with van der Waals surface area (Å²) < 4.78 is 23.4. The topological polar surface area (TPSA) is 57.2 Å². The summed E-state index contributed by atoms with van der Waals surface area (Å²) in [5.74, 6) is 1.50. The summed E-state index contributed by atoms with van der Waals surface area (Å²) in [6.07, 6.45) is 3.81. The molecule has 1 aromatic carbocycles. The molecule has 1 aliphatic carbocycles. The van der Waals surface area contributed by atoms with Gasteiger partial charge in [-0.15, -0.1) is 0 Å². The molecule has 3 aliphatic heterocycles. The van der Waals surface area contributed by atoms with Crippen LogP contribution in [0.3, 0.4) is 0 Å². The number of nitrogens with zero attached hydrogens (tertiary/aromatic N) is 1. The number of methoxy groups -OCH3 is 1. The van der Waals surface area contributed by atoms with Crippen LogP contribution in [0.4, 0.5) is 0 Å². The van der Waals surface area contributed by atoms with Gasteiger partial charge in [-0.2, -0.15) is 0 Å². The molecule has 4 aliphatic rings. The van der Waals surface area contributed by atoms with Crippen LogP contribution in [0.5, 0.6) is 11.5 Å². The largest absolute Gasteiger partial charge is 0.493 e. The van der Waals surface area contributed by atoms with Gasteiger partial charge in [-0.05, 0) is 50.9 Å². The minimum Gasteiger partial charge on any atom is -0.493 e. The van der Waals surface area contributed by atoms with Crippen LogP contribution in [0.25, 0.3) is 0 Å². The second kappa shape index (κ2) is 6.38. The van der Waals surface area contributed by atoms with E-state index in [1.165, 1.54) is 11.1 Å². The third-order valence-corrected chi connectivity index (χ3v) is 6.73. The van der Waals surface area contributed by atoms with Crippen molar-refractivity contribution < 1.29 is 23.7 Å². The molecule has 0 radical (unpaired) electrons. The highest BCUT2D eigenvalue weighted by atomic mass is 16.6. The third kappa shape index (κ3) is 2.64. The molecule has 1 saturated carbocycles. The van der Waals surface area contributed by atoms with Crippen molar-refractivity contribution >= 4 is 5.97 Å². The quantitative estimate of drug-likeness (QED) is 0.759. The number of carbonyl (C=O) groups is 1. The molecule has 0 bridgehead atoms. The lowest BCUT2D eigenvalue weighted by atomic mass is 9.74. The van der Waals surface area contributed by atoms with E-state index in [2.05, 4.69) is 18.0 Å². The predicted octanol–water partition coefficient (Wildman–Crippen LogP) is 2.41. The van der Waals surface area contributed by atoms with Crippen LogP contribution in [-0.4, -0.2) is 56.5 Å². The minimum atomic E-state index is -0.382. The van der Waals surface area contributed by atoms with Crippen molar-refractivity contribution in [3.63, 3.8) is 0 Å². The Kier molecular flexibility index (Phi) is 4.09. The van der Waals surface area contributed by atoms with E-state index < -0.39 is 0 Å². The van der Waals surface area contributed by atoms with Crippen molar-refractivity contribution in [1.82, 2.24) is 4.90 Å². The van der Waals surface area contributed by atoms with E-state index in [0.717, 1.165) is 56.7 Å². The zero-order valence-electron chi connectivity index (χ0n) is 16.0. The van der Waals surface area contributed by atoms with E-state index in [9.17, 15) is 4.79 Å². The number of rotatable bonds is 3. The molecule has 3 heterocycles. The van der Waals surface area contributed by atoms with Crippen molar-refractivity contribution in [3.8, 4) is 11.5 Å². The first-order chi connectivity index (χ1) is 13.1. The van der Waals surface area contributed by atoms with E-state index in [-0.39, 0.29) is 29.7 Å². The Bertz CT molecular complexity index is 759. The Morgan fingerprint density at radius 3 is 3.04 bits per heavy atom. The smallest absolute Gasteiger partial charge is 0.335 e. The lowest BCUT2D eigenvalue weighted by Gasteiger charge is -2.28. The van der Waals surface area contributed by atoms with Crippen LogP contribution in [0, 0.1) is 0 Å². The standard InChI is InChI=1S/C21H27NO5/c1-22-8-7-21-11-14(26-20(23)16-4-3-9-25-16)10-17(21)27-19-15(24-2)6-5-13(12-22)18(19)21/h5-6,14,16-17H,3-4,7-12H2,1-2H3/t14-,16?,17+,21-/m1/s1. The Morgan fingerprint density at radius 2 is 2.26 bits per heavy atom. The van der Waals surface area contributed by atoms with Crippen molar-refractivity contribution in [2.45, 2.75) is 62.4 Å². The van der Waals surface area contributed by atoms with Gasteiger partial charge in [0.05, 0.1) is 7.11 Å². The average molecular weight is 373 g/mol. The summed E-state index contributed by atoms with van der Waals surface area (Å²) in [7, 11) is 3.85. The second-order valence-corrected chi connectivity index (χ2v) is 8.38. The first-order valence-electron chi connectivity index (χ1n) is 9.98. The Morgan fingerprint density at radius 1 is 1.37 bits per heavy atom. The van der Waals surface area contributed by atoms with Crippen LogP contribution in [-0.2, 0) is 26.2 Å². The summed E-state index contributed by atoms with van der Waals surface area (Å²) in [6, 6.07) is 4.18. The first-order valence-corrected chi connectivity index (χ1v) is 9.98. The SMILES string of the molecule is COc1ccc2c3c1O[C@H]1C[C@@H](OC(=O)C4CCCO4)C[C@@]31CCN(C)C2. The van der Waals surface area contributed by atoms with E-state index >= 15 is 0 Å². The van der Waals surface area contributed by atoms with Gasteiger partial charge in [-0.1, -0.05) is 6.07 Å². The lowest BCUT2D eigenvalue weighted by Crippen LogP contribution is -2.34. The van der Waals surface area contributed by atoms with Gasteiger partial charge in [0.2, 0.25) is 0 Å². The highest BCUT2D eigenvalue weighted by Crippen LogP contribution is 2.59. The maximum atomic E-state index is 12.4. The van der Waals surface area contributed by atoms with E-state index in [1.54, 1.807) is 7.11 Å². The molecule has 146 valence electrons. The first kappa shape index (κ1) is 17.3. The maximum absolute atomic E-state index is 12.4. The monoisotopic (exact) mass is 373 g/mol. The van der Waals surface area contributed by atoms with E-state index in [4.69, 9.17) is 18.9 Å². The van der Waals surface area contributed by atoms with Gasteiger partial charge in [0.25, 0.3) is 0 Å². The number of carbonyl (C=O) groups excluding carboxylic acids is 1. The molecule has 2 fully saturated rings. The lowest BCUT2D eigenvalue weighted by molar-refractivity contribution is -0.159. The molecule has 6 nitrogen and oxygen atoms in total. The number of hydrogen-bond acceptors (Lipinski definition) is 6. The van der Waals surface area contributed by atoms with Gasteiger partial charge in [-0.3, -0.25) is 0 Å². The summed E-state index contributed by atoms with van der Waals surface area (Å²) in [4.78, 5) is 14.8. The number of esters is 1. The molecule has 6 heteroatoms. The third-order valence-electron chi connectivity index (χ3n) is 6.73. The number of hydrogen-bond donors (Lipinski definition) is 0. The number of ether oxygens (including phenoxy) is 4. The molecule has 1 saturated heterocycles. The second-order valence-electron chi connectivity index (χ2n) is 8.38. The molecule has 27 heavy (non-hydrogen) atoms. The molecule has 1 spiro atoms. The van der Waals surface area contributed by atoms with Gasteiger partial charge in [0.15, 0.2) is 17.6 Å². The predicted molar refractivity (Wildman–Crippen MR) is 98.1 cm³/mol. The van der Waals surface area contributed by atoms with E-state index in [0.29, 0.717) is 6.61 Å². The van der Waals surface area contributed by atoms with E-state index in [1.807, 2.05) is 6.07 Å². The fourth-order valence-corrected chi connectivity index (χ4v) is 5.45. The zero-order chi connectivity index (χ0) is 18.6. The fourth-order valence-electron chi connectivity index (χ4n) is 5.45. The molecule has 5 rings (SSSR count). The van der Waals surface area contributed by atoms with Crippen LogP contribution in [0.1, 0.15) is 43.2 Å². The normalized spacial score (nSPS) is 34.5. The average Bonchev–Trinajstić information content (AvgIpc) is 3.32. The Labute approximate surface area is 159 Å². The summed E-state index contributed by atoms with van der Waals surface area (Å²) >= 11 is 0. The van der Waals surface area contributed by atoms with Crippen molar-refractivity contribution in [1.29, 1.82) is 0 Å². The molecular formula is C21H27NO5. The summed E-state index contributed by atoms with van der Waals surface area (Å²) in [5.41, 5.74) is 2.50. The molecule has 1 aromatic rings. The van der Waals surface area contributed by atoms with Gasteiger partial charge in [-0.25, -0.2) is 4.79 Å². The molecule has 4 atom stereocenters. The van der Waals surface area contributed by atoms with Gasteiger partial charge in [0, 0.05) is 30.6 Å². The van der Waals surface area contributed by atoms with Crippen LogP contribution < -0.4 is 9.47 Å². The zero-order valence-corrected chi connectivity index (χ0v) is 16.0. The summed E-state index contributed by atoms with van der Waals surface area (Å²) in [5, 5.41) is 0. The highest BCUT2D eigenvalue weighted by molar-refractivity contribution is 5.75. The van der Waals surface area contributed by atoms with Crippen molar-refractivity contribution in [2.24, 2.45) is 0 Å². The van der Waals surface area contributed by atoms with Crippen molar-refractivity contribution in [2.75, 3.05) is 27.3 Å². The molecule has 1 unspecified atom stereocenters.